The molecule has 0 spiro atoms. The van der Waals surface area contributed by atoms with Crippen molar-refractivity contribution in [2.75, 3.05) is 12.8 Å². The van der Waals surface area contributed by atoms with Gasteiger partial charge in [0.15, 0.2) is 0 Å². The van der Waals surface area contributed by atoms with Crippen LogP contribution >= 0.6 is 27.7 Å². The highest BCUT2D eigenvalue weighted by Gasteiger charge is 2.25. The average molecular weight is 453 g/mol. The van der Waals surface area contributed by atoms with Gasteiger partial charge in [-0.3, -0.25) is 9.59 Å². The molecule has 0 aromatic heterocycles. The first-order chi connectivity index (χ1) is 12.9. The molecule has 0 saturated heterocycles. The van der Waals surface area contributed by atoms with Crippen LogP contribution in [-0.4, -0.2) is 35.6 Å². The lowest BCUT2D eigenvalue weighted by atomic mass is 10.1. The van der Waals surface area contributed by atoms with E-state index in [-0.39, 0.29) is 23.4 Å². The van der Waals surface area contributed by atoms with Crippen molar-refractivity contribution in [1.82, 2.24) is 10.2 Å². The lowest BCUT2D eigenvalue weighted by molar-refractivity contribution is -0.138. The van der Waals surface area contributed by atoms with Gasteiger partial charge in [-0.2, -0.15) is 0 Å². The van der Waals surface area contributed by atoms with E-state index < -0.39 is 6.04 Å². The number of amides is 2. The monoisotopic (exact) mass is 452 g/mol. The number of nitrogens with zero attached hydrogens (tertiary/aromatic N) is 1. The van der Waals surface area contributed by atoms with E-state index in [1.54, 1.807) is 37.1 Å². The maximum atomic E-state index is 13.7. The van der Waals surface area contributed by atoms with Crippen LogP contribution in [0.1, 0.15) is 18.1 Å². The number of carbonyl (C=O) groups excluding carboxylic acids is 2. The van der Waals surface area contributed by atoms with Crippen LogP contribution in [0.4, 0.5) is 4.39 Å². The van der Waals surface area contributed by atoms with E-state index in [2.05, 4.69) is 21.2 Å². The van der Waals surface area contributed by atoms with Gasteiger partial charge in [0, 0.05) is 23.8 Å². The van der Waals surface area contributed by atoms with Crippen molar-refractivity contribution in [3.8, 4) is 0 Å². The Morgan fingerprint density at radius 3 is 2.63 bits per heavy atom. The Labute approximate surface area is 171 Å². The molecule has 0 aliphatic heterocycles. The van der Waals surface area contributed by atoms with Crippen LogP contribution in [0.25, 0.3) is 0 Å². The summed E-state index contributed by atoms with van der Waals surface area (Å²) >= 11 is 4.76. The Bertz CT molecular complexity index is 803. The zero-order valence-electron chi connectivity index (χ0n) is 15.2. The summed E-state index contributed by atoms with van der Waals surface area (Å²) in [5, 5.41) is 2.59. The minimum Gasteiger partial charge on any atom is -0.357 e. The molecule has 7 heteroatoms. The highest BCUT2D eigenvalue weighted by atomic mass is 79.9. The molecule has 0 saturated carbocycles. The molecule has 1 unspecified atom stereocenters. The summed E-state index contributed by atoms with van der Waals surface area (Å²) in [4.78, 5) is 26.4. The molecule has 2 amide bonds. The highest BCUT2D eigenvalue weighted by Crippen LogP contribution is 2.19. The molecular weight excluding hydrogens is 431 g/mol. The average Bonchev–Trinajstić information content (AvgIpc) is 2.66. The fourth-order valence-electron chi connectivity index (χ4n) is 2.57. The molecule has 1 atom stereocenters. The SMILES string of the molecule is CNC(=O)C(C)N(Cc1cccc(Br)c1)C(=O)CSCc1ccccc1F. The normalized spacial score (nSPS) is 11.7. The first-order valence-corrected chi connectivity index (χ1v) is 10.4. The van der Waals surface area contributed by atoms with E-state index in [1.807, 2.05) is 24.3 Å². The van der Waals surface area contributed by atoms with Gasteiger partial charge >= 0.3 is 0 Å². The second-order valence-electron chi connectivity index (χ2n) is 6.03. The fraction of sp³-hybridized carbons (Fsp3) is 0.300. The summed E-state index contributed by atoms with van der Waals surface area (Å²) < 4.78 is 14.6. The third kappa shape index (κ3) is 6.36. The zero-order chi connectivity index (χ0) is 19.8. The van der Waals surface area contributed by atoms with E-state index in [0.717, 1.165) is 10.0 Å². The Morgan fingerprint density at radius 1 is 1.22 bits per heavy atom. The molecule has 0 bridgehead atoms. The lowest BCUT2D eigenvalue weighted by Crippen LogP contribution is -2.47. The molecular formula is C20H22BrFN2O2S. The van der Waals surface area contributed by atoms with Crippen LogP contribution in [0.5, 0.6) is 0 Å². The second-order valence-corrected chi connectivity index (χ2v) is 7.93. The lowest BCUT2D eigenvalue weighted by Gasteiger charge is -2.28. The predicted molar refractivity (Wildman–Crippen MR) is 111 cm³/mol. The molecule has 0 aliphatic rings. The molecule has 27 heavy (non-hydrogen) atoms. The molecule has 0 fully saturated rings. The van der Waals surface area contributed by atoms with Crippen LogP contribution in [0.15, 0.2) is 53.0 Å². The van der Waals surface area contributed by atoms with Gasteiger partial charge < -0.3 is 10.2 Å². The summed E-state index contributed by atoms with van der Waals surface area (Å²) in [6.45, 7) is 2.03. The third-order valence-electron chi connectivity index (χ3n) is 4.10. The van der Waals surface area contributed by atoms with Crippen LogP contribution in [0.2, 0.25) is 0 Å². The topological polar surface area (TPSA) is 49.4 Å². The molecule has 2 rings (SSSR count). The smallest absolute Gasteiger partial charge is 0.242 e. The van der Waals surface area contributed by atoms with Crippen molar-refractivity contribution in [3.63, 3.8) is 0 Å². The number of hydrogen-bond donors (Lipinski definition) is 1. The van der Waals surface area contributed by atoms with Gasteiger partial charge in [-0.05, 0) is 36.2 Å². The van der Waals surface area contributed by atoms with Crippen LogP contribution in [-0.2, 0) is 21.9 Å². The molecule has 0 heterocycles. The van der Waals surface area contributed by atoms with Crippen molar-refractivity contribution in [2.24, 2.45) is 0 Å². The molecule has 0 radical (unpaired) electrons. The molecule has 2 aromatic rings. The number of benzene rings is 2. The van der Waals surface area contributed by atoms with Gasteiger partial charge in [0.2, 0.25) is 11.8 Å². The molecule has 1 N–H and O–H groups in total. The van der Waals surface area contributed by atoms with E-state index in [9.17, 15) is 14.0 Å². The minimum absolute atomic E-state index is 0.160. The highest BCUT2D eigenvalue weighted by molar-refractivity contribution is 9.10. The van der Waals surface area contributed by atoms with Gasteiger partial charge in [0.05, 0.1) is 5.75 Å². The Balaban J connectivity index is 2.06. The first kappa shape index (κ1) is 21.4. The molecule has 2 aromatic carbocycles. The van der Waals surface area contributed by atoms with Crippen LogP contribution in [0.3, 0.4) is 0 Å². The standard InChI is InChI=1S/C20H22BrFN2O2S/c1-14(20(26)23-2)24(11-15-6-5-8-17(21)10-15)19(25)13-27-12-16-7-3-4-9-18(16)22/h3-10,14H,11-13H2,1-2H3,(H,23,26). The number of hydrogen-bond acceptors (Lipinski definition) is 3. The number of nitrogens with one attached hydrogen (secondary N) is 1. The summed E-state index contributed by atoms with van der Waals surface area (Å²) in [7, 11) is 1.55. The fourth-order valence-corrected chi connectivity index (χ4v) is 3.91. The number of carbonyl (C=O) groups is 2. The predicted octanol–water partition coefficient (Wildman–Crippen LogP) is 3.98. The van der Waals surface area contributed by atoms with E-state index in [1.165, 1.54) is 17.8 Å². The van der Waals surface area contributed by atoms with Gasteiger partial charge in [0.1, 0.15) is 11.9 Å². The summed E-state index contributed by atoms with van der Waals surface area (Å²) in [5.41, 5.74) is 1.49. The van der Waals surface area contributed by atoms with E-state index in [4.69, 9.17) is 0 Å². The maximum Gasteiger partial charge on any atom is 0.242 e. The van der Waals surface area contributed by atoms with E-state index in [0.29, 0.717) is 17.9 Å². The number of likely N-dealkylation sites (N-methyl/N-ethyl adjacent to an activating group) is 1. The first-order valence-electron chi connectivity index (χ1n) is 8.49. The van der Waals surface area contributed by atoms with Crippen molar-refractivity contribution in [2.45, 2.75) is 25.3 Å². The minimum atomic E-state index is -0.601. The maximum absolute atomic E-state index is 13.7. The van der Waals surface area contributed by atoms with Gasteiger partial charge in [-0.15, -0.1) is 11.8 Å². The van der Waals surface area contributed by atoms with Gasteiger partial charge in [-0.25, -0.2) is 4.39 Å². The quantitative estimate of drug-likeness (QED) is 0.658. The Hall–Kier alpha value is -1.86. The zero-order valence-corrected chi connectivity index (χ0v) is 17.6. The van der Waals surface area contributed by atoms with E-state index >= 15 is 0 Å². The van der Waals surface area contributed by atoms with Crippen molar-refractivity contribution in [3.05, 3.63) is 69.9 Å². The van der Waals surface area contributed by atoms with Crippen molar-refractivity contribution in [1.29, 1.82) is 0 Å². The van der Waals surface area contributed by atoms with Gasteiger partial charge in [0.25, 0.3) is 0 Å². The summed E-state index contributed by atoms with van der Waals surface area (Å²) in [5.74, 6) is -0.0896. The number of rotatable bonds is 8. The van der Waals surface area contributed by atoms with Gasteiger partial charge in [-0.1, -0.05) is 46.3 Å². The van der Waals surface area contributed by atoms with Crippen LogP contribution < -0.4 is 5.32 Å². The summed E-state index contributed by atoms with van der Waals surface area (Å²) in [6, 6.07) is 13.5. The van der Waals surface area contributed by atoms with Crippen LogP contribution in [0, 0.1) is 5.82 Å². The number of thioether (sulfide) groups is 1. The number of halogens is 2. The molecule has 4 nitrogen and oxygen atoms in total. The van der Waals surface area contributed by atoms with Crippen molar-refractivity contribution < 1.29 is 14.0 Å². The summed E-state index contributed by atoms with van der Waals surface area (Å²) in [6.07, 6.45) is 0. The largest absolute Gasteiger partial charge is 0.357 e. The Kier molecular flexibility index (Phi) is 8.31. The Morgan fingerprint density at radius 2 is 1.96 bits per heavy atom. The second kappa shape index (κ2) is 10.5. The third-order valence-corrected chi connectivity index (χ3v) is 5.56. The van der Waals surface area contributed by atoms with Crippen molar-refractivity contribution >= 4 is 39.5 Å². The molecule has 0 aliphatic carbocycles. The molecule has 144 valence electrons.